The molecule has 4 rings (SSSR count). The highest BCUT2D eigenvalue weighted by molar-refractivity contribution is 5.76. The largest absolute Gasteiger partial charge is 0.497 e. The lowest BCUT2D eigenvalue weighted by Crippen LogP contribution is -2.38. The van der Waals surface area contributed by atoms with Gasteiger partial charge < -0.3 is 14.8 Å². The van der Waals surface area contributed by atoms with Gasteiger partial charge in [0.1, 0.15) is 17.6 Å². The molecule has 2 aromatic carbocycles. The van der Waals surface area contributed by atoms with Gasteiger partial charge in [0.2, 0.25) is 5.91 Å². The lowest BCUT2D eigenvalue weighted by molar-refractivity contribution is -0.122. The van der Waals surface area contributed by atoms with Gasteiger partial charge in [-0.25, -0.2) is 0 Å². The van der Waals surface area contributed by atoms with Gasteiger partial charge in [0.05, 0.1) is 7.11 Å². The number of rotatable bonds is 5. The molecule has 1 heterocycles. The molecule has 0 saturated carbocycles. The van der Waals surface area contributed by atoms with Gasteiger partial charge in [0, 0.05) is 43.7 Å². The number of nitrogens with one attached hydrogen (secondary N) is 1. The maximum atomic E-state index is 12.5. The zero-order valence-electron chi connectivity index (χ0n) is 16.6. The normalized spacial score (nSPS) is 19.3. The summed E-state index contributed by atoms with van der Waals surface area (Å²) in [5.74, 6) is 1.81. The standard InChI is InChI=1S/C23H28N2O3/c1-16-14-25(15-19-7-8-21(27-2)13-22(19)28-16)10-9-23(26)24-20-11-17-5-3-4-6-18(17)12-20/h3-8,13,16,20H,9-12,14-15H2,1-2H3,(H,24,26)/t16-/m1/s1. The number of carbonyl (C=O) groups is 1. The Balaban J connectivity index is 1.31. The first-order chi connectivity index (χ1) is 13.6. The molecule has 2 aromatic rings. The third-order valence-electron chi connectivity index (χ3n) is 5.58. The number of amides is 1. The molecule has 0 bridgehead atoms. The number of ether oxygens (including phenoxy) is 2. The summed E-state index contributed by atoms with van der Waals surface area (Å²) in [4.78, 5) is 14.8. The van der Waals surface area contributed by atoms with E-state index in [4.69, 9.17) is 9.47 Å². The lowest BCUT2D eigenvalue weighted by Gasteiger charge is -2.22. The molecule has 148 valence electrons. The van der Waals surface area contributed by atoms with E-state index in [1.54, 1.807) is 7.11 Å². The van der Waals surface area contributed by atoms with Crippen molar-refractivity contribution in [2.75, 3.05) is 20.2 Å². The number of carbonyl (C=O) groups excluding carboxylic acids is 1. The quantitative estimate of drug-likeness (QED) is 0.867. The van der Waals surface area contributed by atoms with E-state index in [1.165, 1.54) is 11.1 Å². The summed E-state index contributed by atoms with van der Waals surface area (Å²) in [5, 5.41) is 3.21. The van der Waals surface area contributed by atoms with Gasteiger partial charge in [0.25, 0.3) is 0 Å². The van der Waals surface area contributed by atoms with Crippen LogP contribution >= 0.6 is 0 Å². The van der Waals surface area contributed by atoms with E-state index in [1.807, 2.05) is 12.1 Å². The van der Waals surface area contributed by atoms with E-state index < -0.39 is 0 Å². The smallest absolute Gasteiger partial charge is 0.221 e. The van der Waals surface area contributed by atoms with Gasteiger partial charge in [-0.2, -0.15) is 0 Å². The Bertz CT molecular complexity index is 826. The Morgan fingerprint density at radius 3 is 2.64 bits per heavy atom. The average molecular weight is 380 g/mol. The summed E-state index contributed by atoms with van der Waals surface area (Å²) in [7, 11) is 1.66. The minimum atomic E-state index is 0.0701. The Hall–Kier alpha value is -2.53. The van der Waals surface area contributed by atoms with Crippen molar-refractivity contribution in [3.05, 3.63) is 59.2 Å². The molecule has 28 heavy (non-hydrogen) atoms. The van der Waals surface area contributed by atoms with Gasteiger partial charge in [-0.15, -0.1) is 0 Å². The predicted molar refractivity (Wildman–Crippen MR) is 109 cm³/mol. The third-order valence-corrected chi connectivity index (χ3v) is 5.58. The molecular formula is C23H28N2O3. The van der Waals surface area contributed by atoms with Crippen molar-refractivity contribution in [2.45, 2.75) is 44.9 Å². The van der Waals surface area contributed by atoms with Gasteiger partial charge in [-0.1, -0.05) is 30.3 Å². The summed E-state index contributed by atoms with van der Waals surface area (Å²) in [6, 6.07) is 14.6. The minimum Gasteiger partial charge on any atom is -0.497 e. The summed E-state index contributed by atoms with van der Waals surface area (Å²) >= 11 is 0. The molecule has 1 aliphatic carbocycles. The topological polar surface area (TPSA) is 50.8 Å². The van der Waals surface area contributed by atoms with Crippen LogP contribution in [0.4, 0.5) is 0 Å². The van der Waals surface area contributed by atoms with Crippen molar-refractivity contribution in [3.8, 4) is 11.5 Å². The highest BCUT2D eigenvalue weighted by atomic mass is 16.5. The highest BCUT2D eigenvalue weighted by Gasteiger charge is 2.24. The summed E-state index contributed by atoms with van der Waals surface area (Å²) in [6.07, 6.45) is 2.45. The molecule has 5 heteroatoms. The highest BCUT2D eigenvalue weighted by Crippen LogP contribution is 2.29. The summed E-state index contributed by atoms with van der Waals surface area (Å²) in [5.41, 5.74) is 3.86. The molecule has 5 nitrogen and oxygen atoms in total. The molecule has 0 aromatic heterocycles. The van der Waals surface area contributed by atoms with Gasteiger partial charge in [-0.3, -0.25) is 9.69 Å². The maximum absolute atomic E-state index is 12.5. The van der Waals surface area contributed by atoms with Crippen LogP contribution in [-0.4, -0.2) is 43.2 Å². The molecule has 0 spiro atoms. The van der Waals surface area contributed by atoms with Crippen LogP contribution in [0.15, 0.2) is 42.5 Å². The molecule has 1 aliphatic heterocycles. The number of hydrogen-bond acceptors (Lipinski definition) is 4. The fourth-order valence-corrected chi connectivity index (χ4v) is 4.22. The fourth-order valence-electron chi connectivity index (χ4n) is 4.22. The molecule has 1 amide bonds. The van der Waals surface area contributed by atoms with Crippen LogP contribution in [-0.2, 0) is 24.2 Å². The van der Waals surface area contributed by atoms with Crippen LogP contribution < -0.4 is 14.8 Å². The van der Waals surface area contributed by atoms with E-state index in [2.05, 4.69) is 47.5 Å². The van der Waals surface area contributed by atoms with Crippen LogP contribution in [0, 0.1) is 0 Å². The molecule has 2 aliphatic rings. The minimum absolute atomic E-state index is 0.0701. The van der Waals surface area contributed by atoms with Crippen molar-refractivity contribution in [1.29, 1.82) is 0 Å². The molecule has 0 fully saturated rings. The Morgan fingerprint density at radius 1 is 1.18 bits per heavy atom. The SMILES string of the molecule is COc1ccc2c(c1)O[C@H](C)CN(CCC(=O)NC1Cc3ccccc3C1)C2. The van der Waals surface area contributed by atoms with Crippen molar-refractivity contribution in [3.63, 3.8) is 0 Å². The molecule has 0 unspecified atom stereocenters. The van der Waals surface area contributed by atoms with Crippen LogP contribution in [0.1, 0.15) is 30.0 Å². The molecule has 0 radical (unpaired) electrons. The van der Waals surface area contributed by atoms with Gasteiger partial charge in [0.15, 0.2) is 0 Å². The first-order valence-electron chi connectivity index (χ1n) is 10.0. The fraction of sp³-hybridized carbons (Fsp3) is 0.435. The molecule has 0 saturated heterocycles. The number of nitrogens with zero attached hydrogens (tertiary/aromatic N) is 1. The van der Waals surface area contributed by atoms with E-state index in [-0.39, 0.29) is 18.1 Å². The van der Waals surface area contributed by atoms with Crippen LogP contribution in [0.5, 0.6) is 11.5 Å². The van der Waals surface area contributed by atoms with Crippen LogP contribution in [0.2, 0.25) is 0 Å². The second-order valence-corrected chi connectivity index (χ2v) is 7.83. The molecule has 1 N–H and O–H groups in total. The van der Waals surface area contributed by atoms with E-state index >= 15 is 0 Å². The second-order valence-electron chi connectivity index (χ2n) is 7.83. The van der Waals surface area contributed by atoms with E-state index in [9.17, 15) is 4.79 Å². The van der Waals surface area contributed by atoms with Crippen molar-refractivity contribution >= 4 is 5.91 Å². The first-order valence-corrected chi connectivity index (χ1v) is 10.0. The van der Waals surface area contributed by atoms with Gasteiger partial charge in [-0.05, 0) is 37.0 Å². The number of fused-ring (bicyclic) bond motifs is 2. The summed E-state index contributed by atoms with van der Waals surface area (Å²) in [6.45, 7) is 4.38. The Morgan fingerprint density at radius 2 is 1.93 bits per heavy atom. The maximum Gasteiger partial charge on any atom is 0.221 e. The predicted octanol–water partition coefficient (Wildman–Crippen LogP) is 2.95. The molecular weight excluding hydrogens is 352 g/mol. The average Bonchev–Trinajstić information content (AvgIpc) is 3.01. The molecule has 1 atom stereocenters. The number of hydrogen-bond donors (Lipinski definition) is 1. The number of benzene rings is 2. The Kier molecular flexibility index (Phi) is 5.53. The van der Waals surface area contributed by atoms with Crippen LogP contribution in [0.3, 0.4) is 0 Å². The zero-order chi connectivity index (χ0) is 19.5. The van der Waals surface area contributed by atoms with Gasteiger partial charge >= 0.3 is 0 Å². The monoisotopic (exact) mass is 380 g/mol. The van der Waals surface area contributed by atoms with Crippen molar-refractivity contribution in [1.82, 2.24) is 10.2 Å². The zero-order valence-corrected chi connectivity index (χ0v) is 16.6. The van der Waals surface area contributed by atoms with E-state index in [0.29, 0.717) is 6.42 Å². The van der Waals surface area contributed by atoms with Crippen molar-refractivity contribution in [2.24, 2.45) is 0 Å². The van der Waals surface area contributed by atoms with E-state index in [0.717, 1.165) is 49.5 Å². The van der Waals surface area contributed by atoms with Crippen LogP contribution in [0.25, 0.3) is 0 Å². The second kappa shape index (κ2) is 8.23. The summed E-state index contributed by atoms with van der Waals surface area (Å²) < 4.78 is 11.4. The number of methoxy groups -OCH3 is 1. The third kappa shape index (κ3) is 4.30. The lowest BCUT2D eigenvalue weighted by atomic mass is 10.1. The Labute approximate surface area is 166 Å². The first kappa shape index (κ1) is 18.8. The van der Waals surface area contributed by atoms with Crippen molar-refractivity contribution < 1.29 is 14.3 Å².